The van der Waals surface area contributed by atoms with Crippen LogP contribution in [0.2, 0.25) is 0 Å². The number of amides is 1. The molecule has 0 aliphatic rings. The number of carbonyl (C=O) groups is 1. The fourth-order valence-electron chi connectivity index (χ4n) is 3.50. The van der Waals surface area contributed by atoms with Gasteiger partial charge in [-0.1, -0.05) is 47.7 Å². The summed E-state index contributed by atoms with van der Waals surface area (Å²) in [5.41, 5.74) is 4.38. The number of aryl methyl sites for hydroxylation is 3. The Balaban J connectivity index is 1.59. The number of benzene rings is 2. The van der Waals surface area contributed by atoms with Gasteiger partial charge in [-0.05, 0) is 43.0 Å². The highest BCUT2D eigenvalue weighted by Crippen LogP contribution is 2.32. The first-order chi connectivity index (χ1) is 14.1. The molecule has 4 rings (SSSR count). The number of hydrogen-bond acceptors (Lipinski definition) is 4. The van der Waals surface area contributed by atoms with Gasteiger partial charge in [0, 0.05) is 25.5 Å². The lowest BCUT2D eigenvalue weighted by Crippen LogP contribution is -2.33. The van der Waals surface area contributed by atoms with Crippen molar-refractivity contribution in [1.82, 2.24) is 14.5 Å². The van der Waals surface area contributed by atoms with Crippen LogP contribution >= 0.6 is 11.3 Å². The first kappa shape index (κ1) is 19.3. The Morgan fingerprint density at radius 1 is 1.17 bits per heavy atom. The molecule has 29 heavy (non-hydrogen) atoms. The molecular formula is C23H24N4OS. The predicted molar refractivity (Wildman–Crippen MR) is 118 cm³/mol. The molecule has 0 radical (unpaired) electrons. The summed E-state index contributed by atoms with van der Waals surface area (Å²) in [5, 5.41) is 0.778. The summed E-state index contributed by atoms with van der Waals surface area (Å²) in [6.45, 7) is 5.63. The molecule has 148 valence electrons. The molecular weight excluding hydrogens is 380 g/mol. The summed E-state index contributed by atoms with van der Waals surface area (Å²) in [6.07, 6.45) is 6.74. The summed E-state index contributed by atoms with van der Waals surface area (Å²) in [4.78, 5) is 24.0. The largest absolute Gasteiger partial charge is 0.337 e. The van der Waals surface area contributed by atoms with Crippen LogP contribution in [-0.4, -0.2) is 27.0 Å². The third-order valence-electron chi connectivity index (χ3n) is 4.90. The van der Waals surface area contributed by atoms with Crippen molar-refractivity contribution >= 4 is 32.6 Å². The Bertz CT molecular complexity index is 1100. The van der Waals surface area contributed by atoms with E-state index in [0.29, 0.717) is 13.0 Å². The summed E-state index contributed by atoms with van der Waals surface area (Å²) in [5.74, 6) is 0.0789. The van der Waals surface area contributed by atoms with Crippen molar-refractivity contribution < 1.29 is 4.79 Å². The van der Waals surface area contributed by atoms with Gasteiger partial charge >= 0.3 is 0 Å². The van der Waals surface area contributed by atoms with Crippen LogP contribution in [0.3, 0.4) is 0 Å². The Hall–Kier alpha value is -2.99. The lowest BCUT2D eigenvalue weighted by molar-refractivity contribution is -0.118. The van der Waals surface area contributed by atoms with E-state index in [1.54, 1.807) is 23.9 Å². The zero-order chi connectivity index (χ0) is 20.2. The minimum absolute atomic E-state index is 0.0789. The zero-order valence-corrected chi connectivity index (χ0v) is 17.5. The number of fused-ring (bicyclic) bond motifs is 1. The van der Waals surface area contributed by atoms with Gasteiger partial charge in [0.05, 0.1) is 23.0 Å². The molecule has 0 bridgehead atoms. The number of hydrogen-bond donors (Lipinski definition) is 0. The lowest BCUT2D eigenvalue weighted by atomic mass is 10.1. The van der Waals surface area contributed by atoms with Gasteiger partial charge in [-0.2, -0.15) is 0 Å². The number of carbonyl (C=O) groups excluding carboxylic acids is 1. The number of nitrogens with zero attached hydrogens (tertiary/aromatic N) is 4. The van der Waals surface area contributed by atoms with E-state index in [1.165, 1.54) is 11.1 Å². The van der Waals surface area contributed by atoms with Crippen molar-refractivity contribution in [3.8, 4) is 0 Å². The second kappa shape index (κ2) is 8.57. The van der Waals surface area contributed by atoms with Gasteiger partial charge in [0.15, 0.2) is 5.13 Å². The highest BCUT2D eigenvalue weighted by Gasteiger charge is 2.20. The Morgan fingerprint density at radius 2 is 2.00 bits per heavy atom. The molecule has 2 aromatic carbocycles. The van der Waals surface area contributed by atoms with E-state index in [4.69, 9.17) is 4.98 Å². The average Bonchev–Trinajstić information content (AvgIpc) is 3.35. The lowest BCUT2D eigenvalue weighted by Gasteiger charge is -2.20. The normalized spacial score (nSPS) is 11.1. The Morgan fingerprint density at radius 3 is 2.76 bits per heavy atom. The van der Waals surface area contributed by atoms with E-state index in [-0.39, 0.29) is 5.91 Å². The SMILES string of the molecule is Cc1cc(C)c2sc(N(CCCn3ccnc3)C(=O)Cc3ccccc3)nc2c1. The van der Waals surface area contributed by atoms with E-state index in [9.17, 15) is 4.79 Å². The Kier molecular flexibility index (Phi) is 5.71. The Labute approximate surface area is 174 Å². The fourth-order valence-corrected chi connectivity index (χ4v) is 4.56. The molecule has 0 aliphatic heterocycles. The molecule has 2 heterocycles. The summed E-state index contributed by atoms with van der Waals surface area (Å²) in [7, 11) is 0. The monoisotopic (exact) mass is 404 g/mol. The van der Waals surface area contributed by atoms with Crippen molar-refractivity contribution in [3.05, 3.63) is 77.9 Å². The van der Waals surface area contributed by atoms with Crippen LogP contribution in [0.15, 0.2) is 61.2 Å². The first-order valence-electron chi connectivity index (χ1n) is 9.78. The van der Waals surface area contributed by atoms with Crippen molar-refractivity contribution in [2.45, 2.75) is 33.2 Å². The molecule has 0 unspecified atom stereocenters. The third kappa shape index (κ3) is 4.54. The van der Waals surface area contributed by atoms with Gasteiger partial charge in [0.25, 0.3) is 0 Å². The molecule has 1 amide bonds. The van der Waals surface area contributed by atoms with E-state index in [1.807, 2.05) is 46.0 Å². The highest BCUT2D eigenvalue weighted by molar-refractivity contribution is 7.22. The topological polar surface area (TPSA) is 51.0 Å². The number of aromatic nitrogens is 3. The van der Waals surface area contributed by atoms with Crippen LogP contribution in [0, 0.1) is 13.8 Å². The van der Waals surface area contributed by atoms with Crippen LogP contribution < -0.4 is 4.90 Å². The standard InChI is InChI=1S/C23H24N4OS/c1-17-13-18(2)22-20(14-17)25-23(29-22)27(11-6-10-26-12-9-24-16-26)21(28)15-19-7-4-3-5-8-19/h3-5,7-9,12-14,16H,6,10-11,15H2,1-2H3. The number of thiazole rings is 1. The summed E-state index contributed by atoms with van der Waals surface area (Å²) in [6, 6.07) is 14.1. The molecule has 0 saturated heterocycles. The molecule has 0 atom stereocenters. The van der Waals surface area contributed by atoms with Gasteiger partial charge < -0.3 is 4.57 Å². The van der Waals surface area contributed by atoms with E-state index in [0.717, 1.165) is 33.9 Å². The van der Waals surface area contributed by atoms with E-state index >= 15 is 0 Å². The highest BCUT2D eigenvalue weighted by atomic mass is 32.1. The fraction of sp³-hybridized carbons (Fsp3) is 0.261. The van der Waals surface area contributed by atoms with E-state index in [2.05, 4.69) is 31.0 Å². The van der Waals surface area contributed by atoms with Crippen LogP contribution in [-0.2, 0) is 17.8 Å². The third-order valence-corrected chi connectivity index (χ3v) is 6.13. The summed E-state index contributed by atoms with van der Waals surface area (Å²) < 4.78 is 3.18. The summed E-state index contributed by atoms with van der Waals surface area (Å²) >= 11 is 1.60. The maximum atomic E-state index is 13.2. The minimum Gasteiger partial charge on any atom is -0.337 e. The van der Waals surface area contributed by atoms with E-state index < -0.39 is 0 Å². The number of imidazole rings is 1. The van der Waals surface area contributed by atoms with Gasteiger partial charge in [0.2, 0.25) is 5.91 Å². The molecule has 0 fully saturated rings. The quantitative estimate of drug-likeness (QED) is 0.446. The average molecular weight is 405 g/mol. The molecule has 2 aromatic heterocycles. The van der Waals surface area contributed by atoms with Crippen LogP contribution in [0.4, 0.5) is 5.13 Å². The molecule has 0 aliphatic carbocycles. The smallest absolute Gasteiger partial charge is 0.233 e. The van der Waals surface area contributed by atoms with Crippen LogP contribution in [0.25, 0.3) is 10.2 Å². The maximum Gasteiger partial charge on any atom is 0.233 e. The van der Waals surface area contributed by atoms with Crippen molar-refractivity contribution in [2.75, 3.05) is 11.4 Å². The van der Waals surface area contributed by atoms with Crippen molar-refractivity contribution in [2.24, 2.45) is 0 Å². The molecule has 4 aromatic rings. The molecule has 5 nitrogen and oxygen atoms in total. The van der Waals surface area contributed by atoms with Crippen LogP contribution in [0.5, 0.6) is 0 Å². The predicted octanol–water partition coefficient (Wildman–Crippen LogP) is 4.78. The maximum absolute atomic E-state index is 13.2. The van der Waals surface area contributed by atoms with Gasteiger partial charge in [0.1, 0.15) is 0 Å². The zero-order valence-electron chi connectivity index (χ0n) is 16.7. The van der Waals surface area contributed by atoms with Gasteiger partial charge in [-0.3, -0.25) is 9.69 Å². The molecule has 0 N–H and O–H groups in total. The molecule has 0 saturated carbocycles. The van der Waals surface area contributed by atoms with Gasteiger partial charge in [-0.25, -0.2) is 9.97 Å². The van der Waals surface area contributed by atoms with Gasteiger partial charge in [-0.15, -0.1) is 0 Å². The molecule has 0 spiro atoms. The first-order valence-corrected chi connectivity index (χ1v) is 10.6. The minimum atomic E-state index is 0.0789. The molecule has 6 heteroatoms. The van der Waals surface area contributed by atoms with Crippen LogP contribution in [0.1, 0.15) is 23.1 Å². The second-order valence-corrected chi connectivity index (χ2v) is 8.27. The second-order valence-electron chi connectivity index (χ2n) is 7.29. The van der Waals surface area contributed by atoms with Crippen molar-refractivity contribution in [1.29, 1.82) is 0 Å². The number of anilines is 1. The van der Waals surface area contributed by atoms with Crippen molar-refractivity contribution in [3.63, 3.8) is 0 Å². The number of rotatable bonds is 7.